The number of aromatic nitrogens is 4. The quantitative estimate of drug-likeness (QED) is 0.636. The van der Waals surface area contributed by atoms with Crippen molar-refractivity contribution in [1.29, 1.82) is 0 Å². The van der Waals surface area contributed by atoms with Crippen molar-refractivity contribution in [2.45, 2.75) is 30.1 Å². The first-order chi connectivity index (χ1) is 13.8. The zero-order valence-corrected chi connectivity index (χ0v) is 16.1. The Morgan fingerprint density at radius 2 is 2.00 bits per heavy atom. The zero-order valence-electron chi connectivity index (χ0n) is 15.2. The van der Waals surface area contributed by atoms with Crippen molar-refractivity contribution in [2.24, 2.45) is 16.2 Å². The minimum absolute atomic E-state index is 0.207. The molecule has 1 aromatic carbocycles. The Kier molecular flexibility index (Phi) is 4.02. The first-order valence-electron chi connectivity index (χ1n) is 9.25. The van der Waals surface area contributed by atoms with Crippen molar-refractivity contribution in [1.82, 2.24) is 19.7 Å². The van der Waals surface area contributed by atoms with Gasteiger partial charge in [0, 0.05) is 28.7 Å². The highest BCUT2D eigenvalue weighted by Gasteiger charge is 2.61. The number of nitrogens with zero attached hydrogens (tertiary/aromatic N) is 5. The molecule has 0 radical (unpaired) electrons. The molecule has 2 aliphatic carbocycles. The summed E-state index contributed by atoms with van der Waals surface area (Å²) in [6.07, 6.45) is 7.69. The summed E-state index contributed by atoms with van der Waals surface area (Å²) in [5, 5.41) is 5.15. The highest BCUT2D eigenvalue weighted by molar-refractivity contribution is 7.94. The van der Waals surface area contributed by atoms with Crippen LogP contribution in [0.5, 0.6) is 0 Å². The number of halogens is 2. The lowest BCUT2D eigenvalue weighted by atomic mass is 10.3. The molecule has 1 amide bonds. The second-order valence-electron chi connectivity index (χ2n) is 7.59. The first kappa shape index (κ1) is 18.3. The van der Waals surface area contributed by atoms with Crippen molar-refractivity contribution in [3.8, 4) is 5.69 Å². The molecule has 2 aromatic heterocycles. The second kappa shape index (κ2) is 6.38. The molecule has 0 aliphatic heterocycles. The lowest BCUT2D eigenvalue weighted by molar-refractivity contribution is -0.120. The SMILES string of the molecule is O=C(N=S(=O)(CC1CC1)c1ccc2nn(-c3cncnc3)cc2c1)C1CC1(F)F. The van der Waals surface area contributed by atoms with E-state index in [1.165, 1.54) is 6.33 Å². The Balaban J connectivity index is 1.55. The molecule has 0 N–H and O–H groups in total. The first-order valence-corrected chi connectivity index (χ1v) is 10.9. The van der Waals surface area contributed by atoms with E-state index in [9.17, 15) is 17.8 Å². The molecule has 2 saturated carbocycles. The lowest BCUT2D eigenvalue weighted by Crippen LogP contribution is -2.14. The van der Waals surface area contributed by atoms with Crippen LogP contribution in [0.4, 0.5) is 8.78 Å². The average Bonchev–Trinajstić information content (AvgIpc) is 3.57. The summed E-state index contributed by atoms with van der Waals surface area (Å²) in [5.41, 5.74) is 1.32. The number of benzene rings is 1. The van der Waals surface area contributed by atoms with Crippen LogP contribution in [0, 0.1) is 11.8 Å². The van der Waals surface area contributed by atoms with E-state index >= 15 is 0 Å². The fraction of sp³-hybridized carbons (Fsp3) is 0.368. The fourth-order valence-electron chi connectivity index (χ4n) is 3.22. The van der Waals surface area contributed by atoms with Gasteiger partial charge in [-0.05, 0) is 37.0 Å². The van der Waals surface area contributed by atoms with E-state index in [1.54, 1.807) is 41.5 Å². The summed E-state index contributed by atoms with van der Waals surface area (Å²) >= 11 is 0. The Hall–Kier alpha value is -2.75. The number of fused-ring (bicyclic) bond motifs is 1. The molecule has 0 spiro atoms. The minimum Gasteiger partial charge on any atom is -0.271 e. The largest absolute Gasteiger partial charge is 0.271 e. The van der Waals surface area contributed by atoms with Gasteiger partial charge in [0.05, 0.1) is 27.6 Å². The van der Waals surface area contributed by atoms with E-state index in [2.05, 4.69) is 19.4 Å². The molecule has 29 heavy (non-hydrogen) atoms. The molecule has 5 rings (SSSR count). The van der Waals surface area contributed by atoms with Crippen molar-refractivity contribution in [2.75, 3.05) is 5.75 Å². The van der Waals surface area contributed by atoms with Crippen molar-refractivity contribution >= 4 is 26.5 Å². The normalized spacial score (nSPS) is 22.2. The lowest BCUT2D eigenvalue weighted by Gasteiger charge is -2.09. The summed E-state index contributed by atoms with van der Waals surface area (Å²) in [4.78, 5) is 20.5. The third-order valence-electron chi connectivity index (χ3n) is 5.18. The zero-order chi connectivity index (χ0) is 20.2. The second-order valence-corrected chi connectivity index (χ2v) is 9.86. The highest BCUT2D eigenvalue weighted by atomic mass is 32.2. The Bertz CT molecular complexity index is 1230. The molecule has 0 bridgehead atoms. The van der Waals surface area contributed by atoms with Gasteiger partial charge in [0.1, 0.15) is 17.9 Å². The fourth-order valence-corrected chi connectivity index (χ4v) is 5.58. The Labute approximate surface area is 165 Å². The number of alkyl halides is 2. The van der Waals surface area contributed by atoms with Crippen LogP contribution >= 0.6 is 0 Å². The van der Waals surface area contributed by atoms with Gasteiger partial charge in [-0.1, -0.05) is 0 Å². The van der Waals surface area contributed by atoms with Gasteiger partial charge in [0.15, 0.2) is 0 Å². The van der Waals surface area contributed by atoms with Gasteiger partial charge in [-0.3, -0.25) is 4.79 Å². The number of amides is 1. The van der Waals surface area contributed by atoms with E-state index in [4.69, 9.17) is 0 Å². The van der Waals surface area contributed by atoms with Gasteiger partial charge >= 0.3 is 0 Å². The van der Waals surface area contributed by atoms with E-state index in [1.807, 2.05) is 0 Å². The smallest absolute Gasteiger partial charge is 0.263 e. The summed E-state index contributed by atoms with van der Waals surface area (Å²) in [7, 11) is -3.13. The van der Waals surface area contributed by atoms with Crippen molar-refractivity contribution in [3.05, 3.63) is 43.1 Å². The van der Waals surface area contributed by atoms with Gasteiger partial charge in [0.25, 0.3) is 11.8 Å². The maximum atomic E-state index is 13.6. The molecule has 3 aromatic rings. The van der Waals surface area contributed by atoms with Gasteiger partial charge in [-0.15, -0.1) is 0 Å². The number of carbonyl (C=O) groups excluding carboxylic acids is 1. The highest BCUT2D eigenvalue weighted by Crippen LogP contribution is 2.49. The third kappa shape index (κ3) is 3.52. The Morgan fingerprint density at radius 1 is 1.28 bits per heavy atom. The van der Waals surface area contributed by atoms with Crippen LogP contribution in [0.15, 0.2) is 52.4 Å². The van der Waals surface area contributed by atoms with E-state index in [0.717, 1.165) is 12.8 Å². The van der Waals surface area contributed by atoms with Crippen LogP contribution in [0.3, 0.4) is 0 Å². The molecule has 7 nitrogen and oxygen atoms in total. The predicted octanol–water partition coefficient (Wildman–Crippen LogP) is 3.23. The van der Waals surface area contributed by atoms with Crippen LogP contribution in [0.2, 0.25) is 0 Å². The topological polar surface area (TPSA) is 90.1 Å². The van der Waals surface area contributed by atoms with Crippen molar-refractivity contribution < 1.29 is 17.8 Å². The number of rotatable bonds is 5. The summed E-state index contributed by atoms with van der Waals surface area (Å²) in [5.74, 6) is -5.00. The van der Waals surface area contributed by atoms with E-state index in [0.29, 0.717) is 21.5 Å². The van der Waals surface area contributed by atoms with Crippen LogP contribution < -0.4 is 0 Å². The molecule has 0 saturated heterocycles. The molecule has 150 valence electrons. The standard InChI is InChI=1S/C19H17F2N5O2S/c20-19(21)6-16(19)18(27)25-29(28,10-12-1-2-12)15-3-4-17-13(5-15)9-26(24-17)14-7-22-11-23-8-14/h3-5,7-9,11-12,16H,1-2,6,10H2. The maximum absolute atomic E-state index is 13.6. The molecule has 2 atom stereocenters. The number of hydrogen-bond donors (Lipinski definition) is 0. The molecular weight excluding hydrogens is 400 g/mol. The van der Waals surface area contributed by atoms with Crippen molar-refractivity contribution in [3.63, 3.8) is 0 Å². The average molecular weight is 417 g/mol. The molecule has 10 heteroatoms. The van der Waals surface area contributed by atoms with Gasteiger partial charge in [0.2, 0.25) is 0 Å². The van der Waals surface area contributed by atoms with Crippen LogP contribution in [0.25, 0.3) is 16.6 Å². The number of carbonyl (C=O) groups is 1. The van der Waals surface area contributed by atoms with Gasteiger partial charge < -0.3 is 0 Å². The molecule has 2 heterocycles. The molecule has 2 unspecified atom stereocenters. The maximum Gasteiger partial charge on any atom is 0.263 e. The van der Waals surface area contributed by atoms with Crippen LogP contribution in [-0.4, -0.2) is 41.5 Å². The molecule has 2 fully saturated rings. The van der Waals surface area contributed by atoms with E-state index in [-0.39, 0.29) is 11.7 Å². The van der Waals surface area contributed by atoms with Gasteiger partial charge in [-0.25, -0.2) is 27.6 Å². The summed E-state index contributed by atoms with van der Waals surface area (Å²) in [6, 6.07) is 4.99. The van der Waals surface area contributed by atoms with E-state index < -0.39 is 33.9 Å². The van der Waals surface area contributed by atoms with Gasteiger partial charge in [-0.2, -0.15) is 9.46 Å². The molecular formula is C19H17F2N5O2S. The monoisotopic (exact) mass is 417 g/mol. The third-order valence-corrected chi connectivity index (χ3v) is 7.56. The number of hydrogen-bond acceptors (Lipinski definition) is 5. The van der Waals surface area contributed by atoms with Crippen LogP contribution in [-0.2, 0) is 14.5 Å². The predicted molar refractivity (Wildman–Crippen MR) is 101 cm³/mol. The minimum atomic E-state index is -3.13. The molecule has 2 aliphatic rings. The Morgan fingerprint density at radius 3 is 2.66 bits per heavy atom. The van der Waals surface area contributed by atoms with Crippen LogP contribution in [0.1, 0.15) is 19.3 Å². The summed E-state index contributed by atoms with van der Waals surface area (Å²) < 4.78 is 45.6. The summed E-state index contributed by atoms with van der Waals surface area (Å²) in [6.45, 7) is 0.